The first-order valence-electron chi connectivity index (χ1n) is 10.7. The van der Waals surface area contributed by atoms with Crippen LogP contribution in [-0.2, 0) is 22.0 Å². The van der Waals surface area contributed by atoms with Gasteiger partial charge in [0.15, 0.2) is 5.69 Å². The molecule has 1 aliphatic heterocycles. The fourth-order valence-electron chi connectivity index (χ4n) is 3.97. The average molecular weight is 488 g/mol. The van der Waals surface area contributed by atoms with E-state index in [4.69, 9.17) is 11.6 Å². The lowest BCUT2D eigenvalue weighted by Gasteiger charge is -2.32. The monoisotopic (exact) mass is 487 g/mol. The van der Waals surface area contributed by atoms with E-state index < -0.39 is 32.5 Å². The summed E-state index contributed by atoms with van der Waals surface area (Å²) in [6, 6.07) is 15.8. The Morgan fingerprint density at radius 1 is 1.06 bits per heavy atom. The zero-order valence-electron chi connectivity index (χ0n) is 17.8. The first kappa shape index (κ1) is 23.3. The lowest BCUT2D eigenvalue weighted by Crippen LogP contribution is -2.39. The van der Waals surface area contributed by atoms with Crippen LogP contribution in [0.5, 0.6) is 0 Å². The summed E-state index contributed by atoms with van der Waals surface area (Å²) < 4.78 is 39.5. The number of sulfone groups is 1. The normalized spacial score (nSPS) is 14.9. The van der Waals surface area contributed by atoms with Crippen molar-refractivity contribution in [3.8, 4) is 0 Å². The lowest BCUT2D eigenvalue weighted by molar-refractivity contribution is 0.0683. The summed E-state index contributed by atoms with van der Waals surface area (Å²) in [6.45, 7) is 1.07. The van der Waals surface area contributed by atoms with Gasteiger partial charge in [0, 0.05) is 18.7 Å². The SMILES string of the molecule is O=C(c1nc(S(=O)(=O)Cc2ccccc2F)ncc1Cl)N1CCC(Cc2ccccc2)CC1. The number of benzene rings is 2. The van der Waals surface area contributed by atoms with Crippen molar-refractivity contribution in [2.45, 2.75) is 30.2 Å². The third-order valence-corrected chi connectivity index (χ3v) is 7.50. The molecule has 1 amide bonds. The minimum absolute atomic E-state index is 0.00409. The maximum Gasteiger partial charge on any atom is 0.274 e. The molecule has 2 heterocycles. The van der Waals surface area contributed by atoms with Crippen LogP contribution >= 0.6 is 11.6 Å². The van der Waals surface area contributed by atoms with Gasteiger partial charge < -0.3 is 4.90 Å². The van der Waals surface area contributed by atoms with E-state index in [1.54, 1.807) is 11.0 Å². The fourth-order valence-corrected chi connectivity index (χ4v) is 5.36. The molecule has 6 nitrogen and oxygen atoms in total. The molecule has 0 unspecified atom stereocenters. The largest absolute Gasteiger partial charge is 0.337 e. The van der Waals surface area contributed by atoms with Crippen LogP contribution < -0.4 is 0 Å². The van der Waals surface area contributed by atoms with Crippen molar-refractivity contribution >= 4 is 27.3 Å². The van der Waals surface area contributed by atoms with Crippen molar-refractivity contribution < 1.29 is 17.6 Å². The zero-order chi connectivity index (χ0) is 23.4. The van der Waals surface area contributed by atoms with Crippen LogP contribution in [0.3, 0.4) is 0 Å². The minimum Gasteiger partial charge on any atom is -0.337 e. The number of halogens is 2. The highest BCUT2D eigenvalue weighted by molar-refractivity contribution is 7.90. The number of amides is 1. The number of rotatable bonds is 6. The summed E-state index contributed by atoms with van der Waals surface area (Å²) in [5.74, 6) is -1.21. The van der Waals surface area contributed by atoms with E-state index in [0.717, 1.165) is 25.5 Å². The van der Waals surface area contributed by atoms with Crippen molar-refractivity contribution in [2.24, 2.45) is 5.92 Å². The van der Waals surface area contributed by atoms with Crippen molar-refractivity contribution in [3.05, 3.63) is 88.5 Å². The van der Waals surface area contributed by atoms with Gasteiger partial charge in [-0.25, -0.2) is 22.8 Å². The Balaban J connectivity index is 1.46. The Morgan fingerprint density at radius 2 is 1.73 bits per heavy atom. The highest BCUT2D eigenvalue weighted by Gasteiger charge is 2.29. The van der Waals surface area contributed by atoms with E-state index in [2.05, 4.69) is 22.1 Å². The molecule has 1 aliphatic rings. The summed E-state index contributed by atoms with van der Waals surface area (Å²) in [6.07, 6.45) is 3.73. The van der Waals surface area contributed by atoms with Gasteiger partial charge in [-0.3, -0.25) is 4.79 Å². The quantitative estimate of drug-likeness (QED) is 0.483. The molecule has 1 aromatic heterocycles. The van der Waals surface area contributed by atoms with Crippen LogP contribution in [0, 0.1) is 11.7 Å². The maximum absolute atomic E-state index is 13.9. The van der Waals surface area contributed by atoms with Crippen molar-refractivity contribution in [1.82, 2.24) is 14.9 Å². The summed E-state index contributed by atoms with van der Waals surface area (Å²) in [7, 11) is -4.07. The molecule has 4 rings (SSSR count). The number of hydrogen-bond acceptors (Lipinski definition) is 5. The lowest BCUT2D eigenvalue weighted by atomic mass is 9.90. The predicted octanol–water partition coefficient (Wildman–Crippen LogP) is 4.34. The van der Waals surface area contributed by atoms with E-state index >= 15 is 0 Å². The van der Waals surface area contributed by atoms with Crippen LogP contribution in [0.1, 0.15) is 34.5 Å². The Labute approximate surface area is 197 Å². The first-order chi connectivity index (χ1) is 15.8. The van der Waals surface area contributed by atoms with E-state index in [0.29, 0.717) is 19.0 Å². The number of nitrogens with zero attached hydrogens (tertiary/aromatic N) is 3. The third-order valence-electron chi connectivity index (χ3n) is 5.78. The molecule has 3 aromatic rings. The molecule has 0 bridgehead atoms. The van der Waals surface area contributed by atoms with Gasteiger partial charge in [0.05, 0.1) is 17.0 Å². The number of hydrogen-bond donors (Lipinski definition) is 0. The first-order valence-corrected chi connectivity index (χ1v) is 12.7. The number of piperidine rings is 1. The van der Waals surface area contributed by atoms with Crippen LogP contribution in [0.4, 0.5) is 4.39 Å². The van der Waals surface area contributed by atoms with Gasteiger partial charge in [-0.15, -0.1) is 0 Å². The van der Waals surface area contributed by atoms with Crippen molar-refractivity contribution in [1.29, 1.82) is 0 Å². The standard InChI is InChI=1S/C24H23ClFN3O3S/c25-20-15-27-24(33(31,32)16-19-8-4-5-9-21(19)26)28-22(20)23(30)29-12-10-18(11-13-29)14-17-6-2-1-3-7-17/h1-9,15,18H,10-14,16H2. The highest BCUT2D eigenvalue weighted by Crippen LogP contribution is 2.25. The third kappa shape index (κ3) is 5.57. The fraction of sp³-hybridized carbons (Fsp3) is 0.292. The molecule has 1 saturated heterocycles. The maximum atomic E-state index is 13.9. The molecule has 0 N–H and O–H groups in total. The summed E-state index contributed by atoms with van der Waals surface area (Å²) in [5.41, 5.74) is 1.12. The van der Waals surface area contributed by atoms with Crippen molar-refractivity contribution in [2.75, 3.05) is 13.1 Å². The van der Waals surface area contributed by atoms with Crippen molar-refractivity contribution in [3.63, 3.8) is 0 Å². The molecule has 172 valence electrons. The molecular weight excluding hydrogens is 465 g/mol. The van der Waals surface area contributed by atoms with Crippen LogP contribution in [-0.4, -0.2) is 42.3 Å². The number of carbonyl (C=O) groups is 1. The van der Waals surface area contributed by atoms with Gasteiger partial charge in [0.25, 0.3) is 5.91 Å². The predicted molar refractivity (Wildman–Crippen MR) is 123 cm³/mol. The zero-order valence-corrected chi connectivity index (χ0v) is 19.4. The molecule has 0 spiro atoms. The molecule has 0 atom stereocenters. The molecule has 0 saturated carbocycles. The summed E-state index contributed by atoms with van der Waals surface area (Å²) in [4.78, 5) is 22.5. The van der Waals surface area contributed by atoms with E-state index in [1.807, 2.05) is 18.2 Å². The van der Waals surface area contributed by atoms with Gasteiger partial charge in [-0.05, 0) is 36.8 Å². The summed E-state index contributed by atoms with van der Waals surface area (Å²) >= 11 is 6.15. The minimum atomic E-state index is -4.07. The van der Waals surface area contributed by atoms with Crippen LogP contribution in [0.25, 0.3) is 0 Å². The second-order valence-electron chi connectivity index (χ2n) is 8.12. The molecule has 9 heteroatoms. The smallest absolute Gasteiger partial charge is 0.274 e. The second-order valence-corrected chi connectivity index (χ2v) is 10.4. The molecule has 2 aromatic carbocycles. The number of likely N-dealkylation sites (tertiary alicyclic amines) is 1. The Morgan fingerprint density at radius 3 is 2.42 bits per heavy atom. The van der Waals surface area contributed by atoms with Gasteiger partial charge >= 0.3 is 0 Å². The van der Waals surface area contributed by atoms with E-state index in [-0.39, 0.29) is 16.3 Å². The Hall–Kier alpha value is -2.84. The molecule has 0 aliphatic carbocycles. The Bertz CT molecular complexity index is 1250. The van der Waals surface area contributed by atoms with Gasteiger partial charge in [0.1, 0.15) is 5.82 Å². The molecular formula is C24H23ClFN3O3S. The number of carbonyl (C=O) groups excluding carboxylic acids is 1. The van der Waals surface area contributed by atoms with Gasteiger partial charge in [-0.1, -0.05) is 60.1 Å². The second kappa shape index (κ2) is 9.97. The number of aromatic nitrogens is 2. The van der Waals surface area contributed by atoms with Crippen LogP contribution in [0.2, 0.25) is 5.02 Å². The van der Waals surface area contributed by atoms with E-state index in [1.165, 1.54) is 23.8 Å². The average Bonchev–Trinajstić information content (AvgIpc) is 2.81. The topological polar surface area (TPSA) is 80.2 Å². The summed E-state index contributed by atoms with van der Waals surface area (Å²) in [5, 5.41) is -0.561. The van der Waals surface area contributed by atoms with Gasteiger partial charge in [0.2, 0.25) is 15.0 Å². The molecule has 0 radical (unpaired) electrons. The Kier molecular flexibility index (Phi) is 7.05. The highest BCUT2D eigenvalue weighted by atomic mass is 35.5. The van der Waals surface area contributed by atoms with Gasteiger partial charge in [-0.2, -0.15) is 0 Å². The van der Waals surface area contributed by atoms with E-state index in [9.17, 15) is 17.6 Å². The van der Waals surface area contributed by atoms with Crippen LogP contribution in [0.15, 0.2) is 66.0 Å². The molecule has 1 fully saturated rings. The molecule has 33 heavy (non-hydrogen) atoms.